The average Bonchev–Trinajstić information content (AvgIpc) is 2.35. The Balaban J connectivity index is 2.45. The Hall–Kier alpha value is -1.03. The van der Waals surface area contributed by atoms with E-state index in [0.29, 0.717) is 5.92 Å². The van der Waals surface area contributed by atoms with Crippen LogP contribution in [0.25, 0.3) is 0 Å². The first-order valence-corrected chi connectivity index (χ1v) is 7.34. The van der Waals surface area contributed by atoms with Crippen molar-refractivity contribution in [3.8, 4) is 5.75 Å². The van der Waals surface area contributed by atoms with E-state index in [4.69, 9.17) is 4.74 Å². The van der Waals surface area contributed by atoms with Gasteiger partial charge in [0, 0.05) is 23.9 Å². The van der Waals surface area contributed by atoms with Crippen molar-refractivity contribution in [2.45, 2.75) is 26.7 Å². The van der Waals surface area contributed by atoms with E-state index in [1.54, 1.807) is 0 Å². The molecule has 0 saturated carbocycles. The molecule has 18 heavy (non-hydrogen) atoms. The van der Waals surface area contributed by atoms with Crippen LogP contribution in [-0.4, -0.2) is 17.8 Å². The Bertz CT molecular complexity index is 365. The maximum Gasteiger partial charge on any atom is 0.221 e. The molecule has 3 nitrogen and oxygen atoms in total. The molecule has 100 valence electrons. The molecular formula is C14H20BrNO2. The highest BCUT2D eigenvalue weighted by atomic mass is 79.9. The zero-order valence-electron chi connectivity index (χ0n) is 10.9. The second-order valence-corrected chi connectivity index (χ2v) is 4.97. The molecule has 0 aromatic heterocycles. The molecule has 1 atom stereocenters. The minimum absolute atomic E-state index is 0.0639. The molecule has 0 aliphatic carbocycles. The van der Waals surface area contributed by atoms with E-state index in [1.165, 1.54) is 13.3 Å². The first kappa shape index (κ1) is 15.0. The van der Waals surface area contributed by atoms with E-state index in [2.05, 4.69) is 28.2 Å². The number of rotatable bonds is 7. The minimum atomic E-state index is -0.0639. The lowest BCUT2D eigenvalue weighted by Gasteiger charge is -2.14. The lowest BCUT2D eigenvalue weighted by atomic mass is 10.1. The molecule has 1 aromatic carbocycles. The summed E-state index contributed by atoms with van der Waals surface area (Å²) < 4.78 is 5.73. The summed E-state index contributed by atoms with van der Waals surface area (Å²) in [6.45, 7) is 4.40. The molecule has 0 spiro atoms. The number of ether oxygens (including phenoxy) is 1. The van der Waals surface area contributed by atoms with Gasteiger partial charge in [-0.2, -0.15) is 0 Å². The topological polar surface area (TPSA) is 38.3 Å². The molecule has 0 aliphatic rings. The monoisotopic (exact) mass is 313 g/mol. The summed E-state index contributed by atoms with van der Waals surface area (Å²) in [5, 5.41) is 3.69. The Morgan fingerprint density at radius 1 is 1.39 bits per heavy atom. The molecule has 1 unspecified atom stereocenters. The van der Waals surface area contributed by atoms with Crippen molar-refractivity contribution in [2.75, 3.05) is 17.3 Å². The first-order chi connectivity index (χ1) is 8.65. The quantitative estimate of drug-likeness (QED) is 0.777. The third-order valence-corrected chi connectivity index (χ3v) is 3.49. The Labute approximate surface area is 117 Å². The van der Waals surface area contributed by atoms with Crippen LogP contribution < -0.4 is 10.1 Å². The van der Waals surface area contributed by atoms with E-state index >= 15 is 0 Å². The Morgan fingerprint density at radius 3 is 2.56 bits per heavy atom. The fourth-order valence-electron chi connectivity index (χ4n) is 1.67. The van der Waals surface area contributed by atoms with Crippen LogP contribution >= 0.6 is 15.9 Å². The molecule has 1 N–H and O–H groups in total. The van der Waals surface area contributed by atoms with Crippen molar-refractivity contribution < 1.29 is 9.53 Å². The summed E-state index contributed by atoms with van der Waals surface area (Å²) in [6, 6.07) is 7.45. The van der Waals surface area contributed by atoms with E-state index in [9.17, 15) is 4.79 Å². The SMILES string of the molecule is CCCC(CBr)COc1ccc(NC(C)=O)cc1. The lowest BCUT2D eigenvalue weighted by Crippen LogP contribution is -2.13. The van der Waals surface area contributed by atoms with Gasteiger partial charge in [-0.25, -0.2) is 0 Å². The highest BCUT2D eigenvalue weighted by molar-refractivity contribution is 9.09. The molecule has 1 amide bonds. The van der Waals surface area contributed by atoms with Gasteiger partial charge in [0.25, 0.3) is 0 Å². The maximum absolute atomic E-state index is 10.9. The third-order valence-electron chi connectivity index (χ3n) is 2.58. The molecule has 1 aromatic rings. The van der Waals surface area contributed by atoms with E-state index in [1.807, 2.05) is 24.3 Å². The van der Waals surface area contributed by atoms with Crippen molar-refractivity contribution in [2.24, 2.45) is 5.92 Å². The van der Waals surface area contributed by atoms with Gasteiger partial charge in [0.2, 0.25) is 5.91 Å². The predicted molar refractivity (Wildman–Crippen MR) is 78.4 cm³/mol. The van der Waals surface area contributed by atoms with Gasteiger partial charge in [0.15, 0.2) is 0 Å². The van der Waals surface area contributed by atoms with Gasteiger partial charge in [-0.05, 0) is 30.7 Å². The Morgan fingerprint density at radius 2 is 2.06 bits per heavy atom. The summed E-state index contributed by atoms with van der Waals surface area (Å²) in [5.74, 6) is 1.32. The molecular weight excluding hydrogens is 294 g/mol. The largest absolute Gasteiger partial charge is 0.493 e. The average molecular weight is 314 g/mol. The Kier molecular flexibility index (Phi) is 6.80. The van der Waals surface area contributed by atoms with Gasteiger partial charge < -0.3 is 10.1 Å². The standard InChI is InChI=1S/C14H20BrNO2/c1-3-4-12(9-15)10-18-14-7-5-13(6-8-14)16-11(2)17/h5-8,12H,3-4,9-10H2,1-2H3,(H,16,17). The summed E-state index contributed by atoms with van der Waals surface area (Å²) in [5.41, 5.74) is 0.792. The number of benzene rings is 1. The van der Waals surface area contributed by atoms with Crippen molar-refractivity contribution in [1.29, 1.82) is 0 Å². The van der Waals surface area contributed by atoms with Crippen LogP contribution in [-0.2, 0) is 4.79 Å². The number of halogens is 1. The molecule has 0 radical (unpaired) electrons. The van der Waals surface area contributed by atoms with Crippen LogP contribution in [0, 0.1) is 5.92 Å². The summed E-state index contributed by atoms with van der Waals surface area (Å²) in [7, 11) is 0. The minimum Gasteiger partial charge on any atom is -0.493 e. The normalized spacial score (nSPS) is 11.9. The van der Waals surface area contributed by atoms with Gasteiger partial charge in [-0.1, -0.05) is 29.3 Å². The van der Waals surface area contributed by atoms with Crippen LogP contribution in [0.1, 0.15) is 26.7 Å². The highest BCUT2D eigenvalue weighted by Crippen LogP contribution is 2.18. The zero-order valence-corrected chi connectivity index (χ0v) is 12.5. The van der Waals surface area contributed by atoms with Gasteiger partial charge in [0.1, 0.15) is 5.75 Å². The first-order valence-electron chi connectivity index (χ1n) is 6.22. The van der Waals surface area contributed by atoms with Crippen molar-refractivity contribution >= 4 is 27.5 Å². The van der Waals surface area contributed by atoms with Crippen LogP contribution in [0.2, 0.25) is 0 Å². The van der Waals surface area contributed by atoms with E-state index in [0.717, 1.165) is 29.8 Å². The van der Waals surface area contributed by atoms with Gasteiger partial charge in [0.05, 0.1) is 6.61 Å². The number of hydrogen-bond acceptors (Lipinski definition) is 2. The van der Waals surface area contributed by atoms with Crippen LogP contribution in [0.15, 0.2) is 24.3 Å². The van der Waals surface area contributed by atoms with Gasteiger partial charge in [-0.15, -0.1) is 0 Å². The smallest absolute Gasteiger partial charge is 0.221 e. The third kappa shape index (κ3) is 5.54. The van der Waals surface area contributed by atoms with Gasteiger partial charge >= 0.3 is 0 Å². The number of carbonyl (C=O) groups is 1. The van der Waals surface area contributed by atoms with Crippen molar-refractivity contribution in [3.63, 3.8) is 0 Å². The van der Waals surface area contributed by atoms with E-state index < -0.39 is 0 Å². The summed E-state index contributed by atoms with van der Waals surface area (Å²) >= 11 is 3.50. The summed E-state index contributed by atoms with van der Waals surface area (Å²) in [6.07, 6.45) is 2.33. The molecule has 1 rings (SSSR count). The molecule has 0 aliphatic heterocycles. The number of carbonyl (C=O) groups excluding carboxylic acids is 1. The van der Waals surface area contributed by atoms with Crippen LogP contribution in [0.4, 0.5) is 5.69 Å². The second kappa shape index (κ2) is 8.14. The number of hydrogen-bond donors (Lipinski definition) is 1. The van der Waals surface area contributed by atoms with Crippen molar-refractivity contribution in [1.82, 2.24) is 0 Å². The molecule has 4 heteroatoms. The predicted octanol–water partition coefficient (Wildman–Crippen LogP) is 3.84. The lowest BCUT2D eigenvalue weighted by molar-refractivity contribution is -0.114. The summed E-state index contributed by atoms with van der Waals surface area (Å²) in [4.78, 5) is 10.9. The highest BCUT2D eigenvalue weighted by Gasteiger charge is 2.07. The zero-order chi connectivity index (χ0) is 13.4. The number of anilines is 1. The van der Waals surface area contributed by atoms with Crippen molar-refractivity contribution in [3.05, 3.63) is 24.3 Å². The van der Waals surface area contributed by atoms with Crippen LogP contribution in [0.5, 0.6) is 5.75 Å². The number of alkyl halides is 1. The fourth-order valence-corrected chi connectivity index (χ4v) is 2.18. The van der Waals surface area contributed by atoms with Crippen LogP contribution in [0.3, 0.4) is 0 Å². The number of nitrogens with one attached hydrogen (secondary N) is 1. The fraction of sp³-hybridized carbons (Fsp3) is 0.500. The molecule has 0 fully saturated rings. The number of amides is 1. The molecule has 0 heterocycles. The maximum atomic E-state index is 10.9. The molecule has 0 bridgehead atoms. The van der Waals surface area contributed by atoms with E-state index in [-0.39, 0.29) is 5.91 Å². The van der Waals surface area contributed by atoms with Gasteiger partial charge in [-0.3, -0.25) is 4.79 Å². The molecule has 0 saturated heterocycles. The second-order valence-electron chi connectivity index (χ2n) is 4.33.